The van der Waals surface area contributed by atoms with Crippen molar-refractivity contribution in [2.24, 2.45) is 0 Å². The van der Waals surface area contributed by atoms with Crippen LogP contribution in [0.15, 0.2) is 42.7 Å². The number of carbonyl (C=O) groups is 1. The number of urea groups is 1. The van der Waals surface area contributed by atoms with Gasteiger partial charge in [0.15, 0.2) is 0 Å². The van der Waals surface area contributed by atoms with E-state index in [1.165, 1.54) is 0 Å². The average Bonchev–Trinajstić information content (AvgIpc) is 3.23. The Morgan fingerprint density at radius 1 is 1.41 bits per heavy atom. The number of carbonyl (C=O) groups excluding carboxylic acids is 1. The molecule has 0 bridgehead atoms. The predicted octanol–water partition coefficient (Wildman–Crippen LogP) is 1.54. The van der Waals surface area contributed by atoms with E-state index < -0.39 is 0 Å². The zero-order valence-electron chi connectivity index (χ0n) is 12.4. The van der Waals surface area contributed by atoms with Gasteiger partial charge in [-0.05, 0) is 36.6 Å². The van der Waals surface area contributed by atoms with Gasteiger partial charge in [0.2, 0.25) is 0 Å². The summed E-state index contributed by atoms with van der Waals surface area (Å²) in [5, 5.41) is 16.2. The summed E-state index contributed by atoms with van der Waals surface area (Å²) in [5.74, 6) is 0. The van der Waals surface area contributed by atoms with Crippen LogP contribution in [0.25, 0.3) is 5.69 Å². The summed E-state index contributed by atoms with van der Waals surface area (Å²) < 4.78 is 1.79. The SMILES string of the molecule is O=C(NCc1cccc(-n2cccn2)c1)N(CCO)C1CC1. The highest BCUT2D eigenvalue weighted by atomic mass is 16.3. The molecule has 116 valence electrons. The van der Waals surface area contributed by atoms with Crippen LogP contribution in [0, 0.1) is 0 Å². The molecule has 1 fully saturated rings. The fraction of sp³-hybridized carbons (Fsp3) is 0.375. The largest absolute Gasteiger partial charge is 0.395 e. The van der Waals surface area contributed by atoms with Crippen molar-refractivity contribution in [2.45, 2.75) is 25.4 Å². The Kier molecular flexibility index (Phi) is 4.39. The second kappa shape index (κ2) is 6.62. The maximum atomic E-state index is 12.2. The van der Waals surface area contributed by atoms with Gasteiger partial charge in [-0.2, -0.15) is 5.10 Å². The smallest absolute Gasteiger partial charge is 0.317 e. The van der Waals surface area contributed by atoms with E-state index >= 15 is 0 Å². The third-order valence-corrected chi connectivity index (χ3v) is 3.71. The molecular formula is C16H20N4O2. The van der Waals surface area contributed by atoms with Crippen LogP contribution in [0.3, 0.4) is 0 Å². The Morgan fingerprint density at radius 3 is 2.95 bits per heavy atom. The highest BCUT2D eigenvalue weighted by molar-refractivity contribution is 5.75. The van der Waals surface area contributed by atoms with Crippen LogP contribution in [-0.4, -0.2) is 45.0 Å². The van der Waals surface area contributed by atoms with E-state index in [1.807, 2.05) is 36.5 Å². The van der Waals surface area contributed by atoms with Crippen molar-refractivity contribution in [3.8, 4) is 5.69 Å². The van der Waals surface area contributed by atoms with Crippen molar-refractivity contribution in [1.29, 1.82) is 0 Å². The molecule has 0 spiro atoms. The lowest BCUT2D eigenvalue weighted by Gasteiger charge is -2.21. The summed E-state index contributed by atoms with van der Waals surface area (Å²) in [4.78, 5) is 13.9. The van der Waals surface area contributed by atoms with Gasteiger partial charge >= 0.3 is 6.03 Å². The summed E-state index contributed by atoms with van der Waals surface area (Å²) >= 11 is 0. The van der Waals surface area contributed by atoms with Gasteiger partial charge in [-0.3, -0.25) is 0 Å². The molecule has 2 amide bonds. The Labute approximate surface area is 129 Å². The number of nitrogens with zero attached hydrogens (tertiary/aromatic N) is 3. The second-order valence-electron chi connectivity index (χ2n) is 5.43. The van der Waals surface area contributed by atoms with Gasteiger partial charge in [0.05, 0.1) is 12.3 Å². The summed E-state index contributed by atoms with van der Waals surface area (Å²) in [6, 6.07) is 9.95. The minimum Gasteiger partial charge on any atom is -0.395 e. The molecule has 1 saturated carbocycles. The molecule has 1 heterocycles. The lowest BCUT2D eigenvalue weighted by atomic mass is 10.2. The lowest BCUT2D eigenvalue weighted by molar-refractivity contribution is 0.173. The Balaban J connectivity index is 1.61. The fourth-order valence-corrected chi connectivity index (χ4v) is 2.45. The van der Waals surface area contributed by atoms with Crippen LogP contribution in [0.2, 0.25) is 0 Å². The number of rotatable bonds is 6. The molecule has 3 rings (SSSR count). The highest BCUT2D eigenvalue weighted by Crippen LogP contribution is 2.26. The molecular weight excluding hydrogens is 280 g/mol. The van der Waals surface area contributed by atoms with E-state index in [9.17, 15) is 4.79 Å². The number of aromatic nitrogens is 2. The third kappa shape index (κ3) is 3.46. The maximum Gasteiger partial charge on any atom is 0.317 e. The first-order valence-electron chi connectivity index (χ1n) is 7.52. The van der Waals surface area contributed by atoms with Gasteiger partial charge in [0.25, 0.3) is 0 Å². The Morgan fingerprint density at radius 2 is 2.27 bits per heavy atom. The van der Waals surface area contributed by atoms with Crippen LogP contribution in [0.5, 0.6) is 0 Å². The first-order valence-corrected chi connectivity index (χ1v) is 7.52. The lowest BCUT2D eigenvalue weighted by Crippen LogP contribution is -2.42. The minimum absolute atomic E-state index is 0.00129. The zero-order chi connectivity index (χ0) is 15.4. The standard InChI is InChI=1S/C16H20N4O2/c21-10-9-19(14-5-6-14)16(22)17-12-13-3-1-4-15(11-13)20-8-2-7-18-20/h1-4,7-8,11,14,21H,5-6,9-10,12H2,(H,17,22). The summed E-state index contributed by atoms with van der Waals surface area (Å²) in [6.07, 6.45) is 5.68. The number of hydrogen-bond donors (Lipinski definition) is 2. The van der Waals surface area contributed by atoms with Gasteiger partial charge in [-0.15, -0.1) is 0 Å². The van der Waals surface area contributed by atoms with Crippen molar-refractivity contribution in [3.05, 3.63) is 48.3 Å². The normalized spacial score (nSPS) is 13.9. The first kappa shape index (κ1) is 14.6. The van der Waals surface area contributed by atoms with E-state index in [0.717, 1.165) is 24.1 Å². The summed E-state index contributed by atoms with van der Waals surface area (Å²) in [5.41, 5.74) is 1.98. The van der Waals surface area contributed by atoms with Crippen molar-refractivity contribution >= 4 is 6.03 Å². The van der Waals surface area contributed by atoms with Gasteiger partial charge in [-0.1, -0.05) is 12.1 Å². The number of amides is 2. The molecule has 6 heteroatoms. The monoisotopic (exact) mass is 300 g/mol. The van der Waals surface area contributed by atoms with Crippen molar-refractivity contribution in [3.63, 3.8) is 0 Å². The minimum atomic E-state index is -0.110. The van der Waals surface area contributed by atoms with E-state index in [2.05, 4.69) is 10.4 Å². The predicted molar refractivity (Wildman–Crippen MR) is 82.6 cm³/mol. The summed E-state index contributed by atoms with van der Waals surface area (Å²) in [7, 11) is 0. The highest BCUT2D eigenvalue weighted by Gasteiger charge is 2.31. The number of hydrogen-bond acceptors (Lipinski definition) is 3. The molecule has 22 heavy (non-hydrogen) atoms. The molecule has 0 unspecified atom stereocenters. The van der Waals surface area contributed by atoms with Crippen LogP contribution >= 0.6 is 0 Å². The molecule has 0 saturated heterocycles. The quantitative estimate of drug-likeness (QED) is 0.850. The van der Waals surface area contributed by atoms with Crippen LogP contribution in [0.4, 0.5) is 4.79 Å². The topological polar surface area (TPSA) is 70.4 Å². The summed E-state index contributed by atoms with van der Waals surface area (Å²) in [6.45, 7) is 0.852. The van der Waals surface area contributed by atoms with E-state index in [-0.39, 0.29) is 12.6 Å². The first-order chi connectivity index (χ1) is 10.8. The Bertz CT molecular complexity index is 623. The molecule has 0 aliphatic heterocycles. The third-order valence-electron chi connectivity index (χ3n) is 3.71. The molecule has 6 nitrogen and oxygen atoms in total. The molecule has 0 radical (unpaired) electrons. The number of nitrogens with one attached hydrogen (secondary N) is 1. The second-order valence-corrected chi connectivity index (χ2v) is 5.43. The Hall–Kier alpha value is -2.34. The van der Waals surface area contributed by atoms with E-state index in [1.54, 1.807) is 15.8 Å². The molecule has 1 aliphatic rings. The van der Waals surface area contributed by atoms with Crippen LogP contribution in [-0.2, 0) is 6.54 Å². The number of aliphatic hydroxyl groups is 1. The van der Waals surface area contributed by atoms with Crippen molar-refractivity contribution in [1.82, 2.24) is 20.0 Å². The molecule has 1 aliphatic carbocycles. The zero-order valence-corrected chi connectivity index (χ0v) is 12.4. The van der Waals surface area contributed by atoms with Gasteiger partial charge in [0, 0.05) is 31.5 Å². The van der Waals surface area contributed by atoms with E-state index in [0.29, 0.717) is 19.1 Å². The van der Waals surface area contributed by atoms with Crippen LogP contribution < -0.4 is 5.32 Å². The van der Waals surface area contributed by atoms with Crippen molar-refractivity contribution < 1.29 is 9.90 Å². The molecule has 2 N–H and O–H groups in total. The number of benzene rings is 1. The van der Waals surface area contributed by atoms with Crippen molar-refractivity contribution in [2.75, 3.05) is 13.2 Å². The molecule has 2 aromatic rings. The van der Waals surface area contributed by atoms with Gasteiger partial charge < -0.3 is 15.3 Å². The van der Waals surface area contributed by atoms with Gasteiger partial charge in [-0.25, -0.2) is 9.48 Å². The van der Waals surface area contributed by atoms with Crippen LogP contribution in [0.1, 0.15) is 18.4 Å². The fourth-order valence-electron chi connectivity index (χ4n) is 2.45. The molecule has 1 aromatic heterocycles. The number of aliphatic hydroxyl groups excluding tert-OH is 1. The average molecular weight is 300 g/mol. The maximum absolute atomic E-state index is 12.2. The van der Waals surface area contributed by atoms with Gasteiger partial charge in [0.1, 0.15) is 0 Å². The molecule has 1 aromatic carbocycles. The van der Waals surface area contributed by atoms with E-state index in [4.69, 9.17) is 5.11 Å². The molecule has 0 atom stereocenters.